The number of hydrogen-bond acceptors (Lipinski definition) is 2. The molecule has 0 N–H and O–H groups in total. The van der Waals surface area contributed by atoms with Gasteiger partial charge in [0.1, 0.15) is 5.75 Å². The highest BCUT2D eigenvalue weighted by Gasteiger charge is 2.17. The summed E-state index contributed by atoms with van der Waals surface area (Å²) in [5, 5.41) is 0.576. The topological polar surface area (TPSA) is 26.3 Å². The van der Waals surface area contributed by atoms with Crippen LogP contribution in [-0.2, 0) is 10.1 Å². The van der Waals surface area contributed by atoms with Gasteiger partial charge < -0.3 is 4.74 Å². The number of carbonyl (C=O) groups excluding carboxylic acids is 1. The molecule has 0 fully saturated rings. The summed E-state index contributed by atoms with van der Waals surface area (Å²) in [7, 11) is 0. The molecule has 0 aliphatic rings. The van der Waals surface area contributed by atoms with Crippen LogP contribution in [0.1, 0.15) is 5.56 Å². The van der Waals surface area contributed by atoms with Crippen molar-refractivity contribution in [1.29, 1.82) is 0 Å². The average molecular weight is 265 g/mol. The Bertz CT molecular complexity index is 328. The zero-order valence-electron chi connectivity index (χ0n) is 7.04. The van der Waals surface area contributed by atoms with E-state index < -0.39 is 12.4 Å². The number of carbonyl (C=O) groups is 1. The molecule has 0 saturated carbocycles. The van der Waals surface area contributed by atoms with Crippen LogP contribution in [0.3, 0.4) is 0 Å². The Morgan fingerprint density at radius 1 is 1.50 bits per heavy atom. The van der Waals surface area contributed by atoms with E-state index in [9.17, 15) is 13.6 Å². The average Bonchev–Trinajstić information content (AvgIpc) is 2.18. The molecule has 0 aliphatic heterocycles. The number of benzene rings is 1. The van der Waals surface area contributed by atoms with Crippen LogP contribution in [0.2, 0.25) is 0 Å². The fourth-order valence-corrected chi connectivity index (χ4v) is 1.20. The van der Waals surface area contributed by atoms with Crippen LogP contribution >= 0.6 is 15.9 Å². The summed E-state index contributed by atoms with van der Waals surface area (Å²) in [6, 6.07) is 6.39. The number of hydrogen-bond donors (Lipinski definition) is 0. The Kier molecular flexibility index (Phi) is 4.00. The van der Waals surface area contributed by atoms with Crippen molar-refractivity contribution in [3.8, 4) is 5.75 Å². The van der Waals surface area contributed by atoms with Gasteiger partial charge in [-0.1, -0.05) is 28.1 Å². The van der Waals surface area contributed by atoms with Crippen molar-refractivity contribution in [3.05, 3.63) is 29.8 Å². The number of esters is 1. The standard InChI is InChI=1S/C9H7BrF2O2/c10-5-6-2-1-3-7(4-6)14-9(13)8(11)12/h1-4,8H,5H2. The van der Waals surface area contributed by atoms with Crippen molar-refractivity contribution in [3.63, 3.8) is 0 Å². The van der Waals surface area contributed by atoms with Crippen LogP contribution in [0, 0.1) is 0 Å². The summed E-state index contributed by atoms with van der Waals surface area (Å²) in [6.45, 7) is 0. The second-order valence-corrected chi connectivity index (χ2v) is 3.06. The summed E-state index contributed by atoms with van der Waals surface area (Å²) < 4.78 is 28.0. The maximum absolute atomic E-state index is 11.8. The molecule has 76 valence electrons. The van der Waals surface area contributed by atoms with Gasteiger partial charge in [0.15, 0.2) is 0 Å². The third kappa shape index (κ3) is 3.06. The third-order valence-corrected chi connectivity index (χ3v) is 2.10. The molecular formula is C9H7BrF2O2. The van der Waals surface area contributed by atoms with Crippen molar-refractivity contribution < 1.29 is 18.3 Å². The maximum atomic E-state index is 11.8. The van der Waals surface area contributed by atoms with Gasteiger partial charge in [0.05, 0.1) is 0 Å². The van der Waals surface area contributed by atoms with E-state index in [4.69, 9.17) is 0 Å². The van der Waals surface area contributed by atoms with Gasteiger partial charge in [0.2, 0.25) is 0 Å². The van der Waals surface area contributed by atoms with E-state index in [-0.39, 0.29) is 5.75 Å². The highest BCUT2D eigenvalue weighted by molar-refractivity contribution is 9.08. The van der Waals surface area contributed by atoms with Crippen molar-refractivity contribution in [2.75, 3.05) is 0 Å². The minimum absolute atomic E-state index is 0.132. The van der Waals surface area contributed by atoms with Gasteiger partial charge in [0.25, 0.3) is 0 Å². The van der Waals surface area contributed by atoms with Gasteiger partial charge in [-0.05, 0) is 17.7 Å². The summed E-state index contributed by atoms with van der Waals surface area (Å²) in [4.78, 5) is 10.5. The van der Waals surface area contributed by atoms with Crippen molar-refractivity contribution in [2.45, 2.75) is 11.8 Å². The molecule has 0 bridgehead atoms. The lowest BCUT2D eigenvalue weighted by molar-refractivity contribution is -0.146. The predicted octanol–water partition coefficient (Wildman–Crippen LogP) is 2.75. The van der Waals surface area contributed by atoms with Crippen LogP contribution in [-0.4, -0.2) is 12.4 Å². The summed E-state index contributed by atoms with van der Waals surface area (Å²) in [5.74, 6) is -1.40. The predicted molar refractivity (Wildman–Crippen MR) is 50.7 cm³/mol. The molecular weight excluding hydrogens is 258 g/mol. The van der Waals surface area contributed by atoms with Crippen molar-refractivity contribution >= 4 is 21.9 Å². The molecule has 5 heteroatoms. The lowest BCUT2D eigenvalue weighted by Crippen LogP contribution is -2.17. The second-order valence-electron chi connectivity index (χ2n) is 2.50. The Hall–Kier alpha value is -0.970. The van der Waals surface area contributed by atoms with E-state index in [1.807, 2.05) is 0 Å². The Labute approximate surface area is 88.0 Å². The van der Waals surface area contributed by atoms with E-state index in [0.717, 1.165) is 5.56 Å². The Morgan fingerprint density at radius 3 is 2.79 bits per heavy atom. The first-order valence-corrected chi connectivity index (χ1v) is 4.90. The van der Waals surface area contributed by atoms with E-state index in [0.29, 0.717) is 5.33 Å². The molecule has 1 aromatic rings. The summed E-state index contributed by atoms with van der Waals surface area (Å²) >= 11 is 3.20. The van der Waals surface area contributed by atoms with Gasteiger partial charge in [-0.25, -0.2) is 4.79 Å². The van der Waals surface area contributed by atoms with Gasteiger partial charge in [-0.15, -0.1) is 0 Å². The van der Waals surface area contributed by atoms with Crippen LogP contribution < -0.4 is 4.74 Å². The molecule has 0 heterocycles. The van der Waals surface area contributed by atoms with Crippen molar-refractivity contribution in [1.82, 2.24) is 0 Å². The fraction of sp³-hybridized carbons (Fsp3) is 0.222. The molecule has 2 nitrogen and oxygen atoms in total. The van der Waals surface area contributed by atoms with Gasteiger partial charge in [-0.3, -0.25) is 0 Å². The van der Waals surface area contributed by atoms with E-state index >= 15 is 0 Å². The Morgan fingerprint density at radius 2 is 2.21 bits per heavy atom. The normalized spacial score (nSPS) is 10.3. The van der Waals surface area contributed by atoms with Crippen molar-refractivity contribution in [2.24, 2.45) is 0 Å². The largest absolute Gasteiger partial charge is 0.422 e. The van der Waals surface area contributed by atoms with Gasteiger partial charge in [0, 0.05) is 5.33 Å². The molecule has 0 saturated heterocycles. The molecule has 14 heavy (non-hydrogen) atoms. The monoisotopic (exact) mass is 264 g/mol. The number of halogens is 3. The lowest BCUT2D eigenvalue weighted by Gasteiger charge is -2.04. The second kappa shape index (κ2) is 5.05. The minimum atomic E-state index is -3.09. The van der Waals surface area contributed by atoms with Gasteiger partial charge in [-0.2, -0.15) is 8.78 Å². The first-order valence-electron chi connectivity index (χ1n) is 3.78. The van der Waals surface area contributed by atoms with Crippen LogP contribution in [0.15, 0.2) is 24.3 Å². The number of rotatable bonds is 3. The minimum Gasteiger partial charge on any atom is -0.422 e. The lowest BCUT2D eigenvalue weighted by atomic mass is 10.2. The number of ether oxygens (including phenoxy) is 1. The Balaban J connectivity index is 2.72. The maximum Gasteiger partial charge on any atom is 0.379 e. The van der Waals surface area contributed by atoms with Crippen LogP contribution in [0.5, 0.6) is 5.75 Å². The quantitative estimate of drug-likeness (QED) is 0.477. The molecule has 1 aromatic carbocycles. The van der Waals surface area contributed by atoms with Crippen LogP contribution in [0.4, 0.5) is 8.78 Å². The molecule has 0 aliphatic carbocycles. The first kappa shape index (κ1) is 11.1. The SMILES string of the molecule is O=C(Oc1cccc(CBr)c1)C(F)F. The molecule has 0 radical (unpaired) electrons. The van der Waals surface area contributed by atoms with E-state index in [1.165, 1.54) is 12.1 Å². The summed E-state index contributed by atoms with van der Waals surface area (Å²) in [6.07, 6.45) is -3.09. The zero-order chi connectivity index (χ0) is 10.6. The molecule has 0 spiro atoms. The molecule has 0 atom stereocenters. The smallest absolute Gasteiger partial charge is 0.379 e. The number of alkyl halides is 3. The molecule has 0 amide bonds. The molecule has 0 aromatic heterocycles. The summed E-state index contributed by atoms with van der Waals surface area (Å²) in [5.41, 5.74) is 0.851. The van der Waals surface area contributed by atoms with E-state index in [2.05, 4.69) is 20.7 Å². The highest BCUT2D eigenvalue weighted by atomic mass is 79.9. The third-order valence-electron chi connectivity index (χ3n) is 1.45. The molecule has 1 rings (SSSR count). The highest BCUT2D eigenvalue weighted by Crippen LogP contribution is 2.16. The van der Waals surface area contributed by atoms with Crippen LogP contribution in [0.25, 0.3) is 0 Å². The fourth-order valence-electron chi connectivity index (χ4n) is 0.853. The first-order chi connectivity index (χ1) is 6.63. The zero-order valence-corrected chi connectivity index (χ0v) is 8.63. The van der Waals surface area contributed by atoms with E-state index in [1.54, 1.807) is 12.1 Å². The van der Waals surface area contributed by atoms with Gasteiger partial charge >= 0.3 is 12.4 Å². The molecule has 0 unspecified atom stereocenters.